The molecule has 0 bridgehead atoms. The van der Waals surface area contributed by atoms with Crippen molar-refractivity contribution < 1.29 is 27.8 Å². The minimum absolute atomic E-state index is 0.105. The summed E-state index contributed by atoms with van der Waals surface area (Å²) in [6, 6.07) is 3.08. The average Bonchev–Trinajstić information content (AvgIpc) is 2.69. The number of hydrogen-bond donors (Lipinski definition) is 3. The van der Waals surface area contributed by atoms with Crippen LogP contribution in [0, 0.1) is 0 Å². The van der Waals surface area contributed by atoms with E-state index in [-0.39, 0.29) is 19.0 Å². The molecule has 1 atom stereocenters. The van der Waals surface area contributed by atoms with Crippen molar-refractivity contribution in [1.29, 1.82) is 0 Å². The third kappa shape index (κ3) is 9.59. The topological polar surface area (TPSA) is 91.2 Å². The number of pyridine rings is 1. The minimum atomic E-state index is -4.42. The minimum Gasteiger partial charge on any atom is -0.468 e. The van der Waals surface area contributed by atoms with Gasteiger partial charge in [-0.1, -0.05) is 0 Å². The predicted octanol–water partition coefficient (Wildman–Crippen LogP) is 1.16. The molecule has 1 aromatic heterocycles. The highest BCUT2D eigenvalue weighted by atomic mass is 19.4. The zero-order chi connectivity index (χ0) is 22.0. The summed E-state index contributed by atoms with van der Waals surface area (Å²) in [4.78, 5) is 10.4. The van der Waals surface area contributed by atoms with Crippen LogP contribution in [0.2, 0.25) is 0 Å². The van der Waals surface area contributed by atoms with Gasteiger partial charge in [-0.05, 0) is 25.5 Å². The van der Waals surface area contributed by atoms with Gasteiger partial charge in [0.05, 0.1) is 25.4 Å². The molecule has 0 spiro atoms. The molecule has 0 saturated carbocycles. The molecule has 170 valence electrons. The molecule has 1 aliphatic heterocycles. The summed E-state index contributed by atoms with van der Waals surface area (Å²) < 4.78 is 46.9. The van der Waals surface area contributed by atoms with E-state index in [4.69, 9.17) is 4.74 Å². The van der Waals surface area contributed by atoms with E-state index < -0.39 is 18.4 Å². The predicted molar refractivity (Wildman–Crippen MR) is 106 cm³/mol. The number of morpholine rings is 1. The van der Waals surface area contributed by atoms with Crippen LogP contribution >= 0.6 is 0 Å². The second kappa shape index (κ2) is 11.3. The Bertz CT molecular complexity index is 680. The Balaban J connectivity index is 1.90. The monoisotopic (exact) mass is 433 g/mol. The summed E-state index contributed by atoms with van der Waals surface area (Å²) >= 11 is 0. The van der Waals surface area contributed by atoms with E-state index in [1.54, 1.807) is 13.0 Å². The number of guanidine groups is 1. The normalized spacial score (nSPS) is 18.0. The smallest absolute Gasteiger partial charge is 0.422 e. The standard InChI is InChI=1S/C19H30F3N5O3/c1-3-23-17(26-12-18(2,28)13-27-6-8-29-9-7-27)25-11-15-4-5-24-16(10-15)30-14-19(20,21)22/h4-5,10,28H,3,6-9,11-14H2,1-2H3,(H2,23,25,26). The maximum Gasteiger partial charge on any atom is 0.422 e. The number of aliphatic hydroxyl groups is 1. The van der Waals surface area contributed by atoms with Gasteiger partial charge in [0, 0.05) is 45.0 Å². The lowest BCUT2D eigenvalue weighted by atomic mass is 10.1. The van der Waals surface area contributed by atoms with Crippen LogP contribution in [0.25, 0.3) is 0 Å². The summed E-state index contributed by atoms with van der Waals surface area (Å²) in [5.41, 5.74) is -0.317. The number of nitrogens with zero attached hydrogens (tertiary/aromatic N) is 3. The van der Waals surface area contributed by atoms with Crippen molar-refractivity contribution in [1.82, 2.24) is 20.5 Å². The molecule has 0 aliphatic carbocycles. The molecule has 1 unspecified atom stereocenters. The summed E-state index contributed by atoms with van der Waals surface area (Å²) in [6.07, 6.45) is -3.04. The van der Waals surface area contributed by atoms with Crippen LogP contribution in [0.5, 0.6) is 5.88 Å². The number of nitrogens with one attached hydrogen (secondary N) is 2. The van der Waals surface area contributed by atoms with E-state index in [0.717, 1.165) is 13.1 Å². The van der Waals surface area contributed by atoms with Crippen LogP contribution in [0.4, 0.5) is 13.2 Å². The molecule has 8 nitrogen and oxygen atoms in total. The van der Waals surface area contributed by atoms with Gasteiger partial charge in [0.1, 0.15) is 0 Å². The number of aromatic nitrogens is 1. The molecule has 11 heteroatoms. The van der Waals surface area contributed by atoms with E-state index in [0.29, 0.717) is 37.8 Å². The Morgan fingerprint density at radius 3 is 2.73 bits per heavy atom. The zero-order valence-electron chi connectivity index (χ0n) is 17.3. The molecule has 1 aliphatic rings. The molecule has 2 rings (SSSR count). The van der Waals surface area contributed by atoms with E-state index in [1.807, 2.05) is 6.92 Å². The first-order valence-corrected chi connectivity index (χ1v) is 9.86. The summed E-state index contributed by atoms with van der Waals surface area (Å²) in [7, 11) is 0. The van der Waals surface area contributed by atoms with Gasteiger partial charge in [0.25, 0.3) is 0 Å². The SMILES string of the molecule is CCNC(=NCc1ccnc(OCC(F)(F)F)c1)NCC(C)(O)CN1CCOCC1. The molecule has 2 heterocycles. The second-order valence-corrected chi connectivity index (χ2v) is 7.34. The molecule has 0 radical (unpaired) electrons. The number of hydrogen-bond acceptors (Lipinski definition) is 6. The third-order valence-electron chi connectivity index (χ3n) is 4.25. The number of rotatable bonds is 9. The number of halogens is 3. The Morgan fingerprint density at radius 2 is 2.07 bits per heavy atom. The fraction of sp³-hybridized carbons (Fsp3) is 0.684. The summed E-state index contributed by atoms with van der Waals surface area (Å²) in [6.45, 7) is 6.79. The van der Waals surface area contributed by atoms with Gasteiger partial charge < -0.3 is 25.2 Å². The van der Waals surface area contributed by atoms with Gasteiger partial charge in [-0.2, -0.15) is 13.2 Å². The molecular weight excluding hydrogens is 403 g/mol. The molecule has 1 aromatic rings. The second-order valence-electron chi connectivity index (χ2n) is 7.34. The zero-order valence-corrected chi connectivity index (χ0v) is 17.3. The first-order valence-electron chi connectivity index (χ1n) is 9.86. The van der Waals surface area contributed by atoms with E-state index in [2.05, 4.69) is 30.2 Å². The molecule has 1 saturated heterocycles. The van der Waals surface area contributed by atoms with Crippen LogP contribution < -0.4 is 15.4 Å². The van der Waals surface area contributed by atoms with E-state index in [1.165, 1.54) is 12.3 Å². The van der Waals surface area contributed by atoms with E-state index >= 15 is 0 Å². The van der Waals surface area contributed by atoms with Crippen molar-refractivity contribution >= 4 is 5.96 Å². The Morgan fingerprint density at radius 1 is 1.33 bits per heavy atom. The molecular formula is C19H30F3N5O3. The average molecular weight is 433 g/mol. The van der Waals surface area contributed by atoms with Crippen molar-refractivity contribution in [2.45, 2.75) is 32.2 Å². The molecule has 0 aromatic carbocycles. The van der Waals surface area contributed by atoms with Gasteiger partial charge in [0.15, 0.2) is 12.6 Å². The first kappa shape index (κ1) is 24.2. The maximum absolute atomic E-state index is 12.3. The highest BCUT2D eigenvalue weighted by Gasteiger charge is 2.28. The van der Waals surface area contributed by atoms with Gasteiger partial charge in [-0.15, -0.1) is 0 Å². The highest BCUT2D eigenvalue weighted by Crippen LogP contribution is 2.17. The largest absolute Gasteiger partial charge is 0.468 e. The van der Waals surface area contributed by atoms with Crippen LogP contribution in [0.1, 0.15) is 19.4 Å². The van der Waals surface area contributed by atoms with Crippen LogP contribution in [0.15, 0.2) is 23.3 Å². The molecule has 1 fully saturated rings. The lowest BCUT2D eigenvalue weighted by Gasteiger charge is -2.34. The van der Waals surface area contributed by atoms with Crippen LogP contribution in [-0.4, -0.2) is 85.3 Å². The lowest BCUT2D eigenvalue weighted by Crippen LogP contribution is -2.52. The molecule has 3 N–H and O–H groups in total. The fourth-order valence-electron chi connectivity index (χ4n) is 2.87. The van der Waals surface area contributed by atoms with Gasteiger partial charge in [-0.25, -0.2) is 9.98 Å². The summed E-state index contributed by atoms with van der Waals surface area (Å²) in [5.74, 6) is 0.390. The van der Waals surface area contributed by atoms with Crippen molar-refractivity contribution in [2.75, 3.05) is 52.5 Å². The van der Waals surface area contributed by atoms with Crippen molar-refractivity contribution in [3.63, 3.8) is 0 Å². The quantitative estimate of drug-likeness (QED) is 0.398. The number of ether oxygens (including phenoxy) is 2. The Labute approximate surface area is 174 Å². The summed E-state index contributed by atoms with van der Waals surface area (Å²) in [5, 5.41) is 16.9. The number of aliphatic imine (C=N–C) groups is 1. The number of β-amino-alcohol motifs (C(OH)–C–C–N with tert-alkyl or cyclic N) is 1. The highest BCUT2D eigenvalue weighted by molar-refractivity contribution is 5.79. The fourth-order valence-corrected chi connectivity index (χ4v) is 2.87. The van der Waals surface area contributed by atoms with E-state index in [9.17, 15) is 18.3 Å². The van der Waals surface area contributed by atoms with Crippen molar-refractivity contribution in [3.05, 3.63) is 23.9 Å². The lowest BCUT2D eigenvalue weighted by molar-refractivity contribution is -0.154. The molecule has 0 amide bonds. The molecule has 30 heavy (non-hydrogen) atoms. The number of alkyl halides is 3. The third-order valence-corrected chi connectivity index (χ3v) is 4.25. The van der Waals surface area contributed by atoms with Crippen molar-refractivity contribution in [2.24, 2.45) is 4.99 Å². The van der Waals surface area contributed by atoms with Crippen LogP contribution in [0.3, 0.4) is 0 Å². The van der Waals surface area contributed by atoms with Gasteiger partial charge in [0.2, 0.25) is 5.88 Å². The first-order chi connectivity index (χ1) is 14.2. The van der Waals surface area contributed by atoms with Crippen molar-refractivity contribution in [3.8, 4) is 5.88 Å². The Hall–Kier alpha value is -2.11. The maximum atomic E-state index is 12.3. The van der Waals surface area contributed by atoms with Gasteiger partial charge in [-0.3, -0.25) is 4.90 Å². The Kier molecular flexibility index (Phi) is 9.12. The van der Waals surface area contributed by atoms with Crippen LogP contribution in [-0.2, 0) is 11.3 Å². The van der Waals surface area contributed by atoms with Gasteiger partial charge >= 0.3 is 6.18 Å².